The number of nitrogens with one attached hydrogen (secondary N) is 2. The van der Waals surface area contributed by atoms with Crippen molar-refractivity contribution in [2.24, 2.45) is 0 Å². The monoisotopic (exact) mass is 308 g/mol. The first-order valence-corrected chi connectivity index (χ1v) is 8.14. The fourth-order valence-corrected chi connectivity index (χ4v) is 3.73. The number of nitrogens with zero attached hydrogens (tertiary/aromatic N) is 1. The van der Waals surface area contributed by atoms with Crippen LogP contribution in [0.1, 0.15) is 36.6 Å². The molecule has 21 heavy (non-hydrogen) atoms. The van der Waals surface area contributed by atoms with Gasteiger partial charge in [-0.25, -0.2) is 8.42 Å². The number of nitrogen functional groups attached to an aromatic ring is 1. The Morgan fingerprint density at radius 1 is 1.19 bits per heavy atom. The minimum Gasteiger partial charge on any atom is -0.399 e. The number of aromatic nitrogens is 2. The van der Waals surface area contributed by atoms with Gasteiger partial charge in [-0.1, -0.05) is 13.8 Å². The van der Waals surface area contributed by atoms with Gasteiger partial charge in [0.15, 0.2) is 5.82 Å². The lowest BCUT2D eigenvalue weighted by molar-refractivity contribution is 0.600. The predicted octanol–water partition coefficient (Wildman–Crippen LogP) is 2.53. The Bertz CT molecular complexity index is 740. The zero-order valence-electron chi connectivity index (χ0n) is 12.6. The number of rotatable bonds is 4. The van der Waals surface area contributed by atoms with E-state index in [1.54, 1.807) is 32.0 Å². The molecule has 0 aliphatic carbocycles. The average molecular weight is 308 g/mol. The van der Waals surface area contributed by atoms with Crippen LogP contribution in [-0.4, -0.2) is 18.6 Å². The van der Waals surface area contributed by atoms with Crippen molar-refractivity contribution < 1.29 is 8.42 Å². The van der Waals surface area contributed by atoms with E-state index in [-0.39, 0.29) is 16.6 Å². The molecule has 0 spiro atoms. The predicted molar refractivity (Wildman–Crippen MR) is 83.8 cm³/mol. The van der Waals surface area contributed by atoms with Crippen molar-refractivity contribution in [1.82, 2.24) is 10.2 Å². The third-order valence-electron chi connectivity index (χ3n) is 3.21. The molecule has 0 fully saturated rings. The van der Waals surface area contributed by atoms with Crippen LogP contribution in [0.5, 0.6) is 0 Å². The average Bonchev–Trinajstić information content (AvgIpc) is 2.74. The standard InChI is InChI=1S/C14H20N4O2S/c1-8(2)12-7-13(17-16-12)18-21(19,20)14-9(3)5-11(15)6-10(14)4/h5-8H,15H2,1-4H3,(H2,16,17,18). The first kappa shape index (κ1) is 15.4. The minimum absolute atomic E-state index is 0.241. The molecule has 1 heterocycles. The van der Waals surface area contributed by atoms with E-state index in [1.165, 1.54) is 0 Å². The van der Waals surface area contributed by atoms with Gasteiger partial charge in [0, 0.05) is 17.4 Å². The van der Waals surface area contributed by atoms with Crippen LogP contribution < -0.4 is 10.5 Å². The number of anilines is 2. The van der Waals surface area contributed by atoms with Crippen molar-refractivity contribution in [2.45, 2.75) is 38.5 Å². The number of sulfonamides is 1. The molecule has 0 bridgehead atoms. The summed E-state index contributed by atoms with van der Waals surface area (Å²) in [5.74, 6) is 0.532. The molecule has 0 saturated carbocycles. The number of H-pyrrole nitrogens is 1. The van der Waals surface area contributed by atoms with Crippen molar-refractivity contribution in [3.63, 3.8) is 0 Å². The molecule has 7 heteroatoms. The van der Waals surface area contributed by atoms with Crippen LogP contribution in [-0.2, 0) is 10.0 Å². The van der Waals surface area contributed by atoms with Gasteiger partial charge in [0.05, 0.1) is 4.90 Å². The lowest BCUT2D eigenvalue weighted by Crippen LogP contribution is -2.16. The van der Waals surface area contributed by atoms with Crippen molar-refractivity contribution in [2.75, 3.05) is 10.5 Å². The largest absolute Gasteiger partial charge is 0.399 e. The van der Waals surface area contributed by atoms with Crippen LogP contribution in [0.4, 0.5) is 11.5 Å². The highest BCUT2D eigenvalue weighted by Crippen LogP contribution is 2.25. The molecule has 0 unspecified atom stereocenters. The number of aromatic amines is 1. The van der Waals surface area contributed by atoms with Crippen LogP contribution in [0.25, 0.3) is 0 Å². The van der Waals surface area contributed by atoms with E-state index in [0.717, 1.165) is 5.69 Å². The van der Waals surface area contributed by atoms with Gasteiger partial charge in [-0.15, -0.1) is 0 Å². The Labute approximate surface area is 124 Å². The van der Waals surface area contributed by atoms with Gasteiger partial charge in [0.1, 0.15) is 0 Å². The number of aryl methyl sites for hydroxylation is 2. The van der Waals surface area contributed by atoms with E-state index in [4.69, 9.17) is 5.73 Å². The lowest BCUT2D eigenvalue weighted by atomic mass is 10.1. The molecule has 1 aromatic carbocycles. The van der Waals surface area contributed by atoms with E-state index >= 15 is 0 Å². The molecule has 0 atom stereocenters. The molecule has 0 radical (unpaired) electrons. The quantitative estimate of drug-likeness (QED) is 0.755. The van der Waals surface area contributed by atoms with Gasteiger partial charge in [0.25, 0.3) is 10.0 Å². The fraction of sp³-hybridized carbons (Fsp3) is 0.357. The smallest absolute Gasteiger partial charge is 0.263 e. The van der Waals surface area contributed by atoms with Crippen LogP contribution in [0.2, 0.25) is 0 Å². The lowest BCUT2D eigenvalue weighted by Gasteiger charge is -2.12. The summed E-state index contributed by atoms with van der Waals surface area (Å²) >= 11 is 0. The maximum absolute atomic E-state index is 12.5. The minimum atomic E-state index is -3.69. The molecule has 0 amide bonds. The summed E-state index contributed by atoms with van der Waals surface area (Å²) in [5.41, 5.74) is 8.37. The van der Waals surface area contributed by atoms with E-state index in [2.05, 4.69) is 14.9 Å². The third-order valence-corrected chi connectivity index (χ3v) is 4.87. The van der Waals surface area contributed by atoms with E-state index in [1.807, 2.05) is 13.8 Å². The van der Waals surface area contributed by atoms with Gasteiger partial charge >= 0.3 is 0 Å². The Morgan fingerprint density at radius 3 is 2.24 bits per heavy atom. The second kappa shape index (κ2) is 5.40. The summed E-state index contributed by atoms with van der Waals surface area (Å²) in [6.07, 6.45) is 0. The molecular formula is C14H20N4O2S. The summed E-state index contributed by atoms with van der Waals surface area (Å²) in [6, 6.07) is 4.99. The Morgan fingerprint density at radius 2 is 1.76 bits per heavy atom. The summed E-state index contributed by atoms with van der Waals surface area (Å²) in [7, 11) is -3.69. The summed E-state index contributed by atoms with van der Waals surface area (Å²) in [6.45, 7) is 7.45. The highest BCUT2D eigenvalue weighted by Gasteiger charge is 2.21. The molecule has 0 aliphatic rings. The van der Waals surface area contributed by atoms with Gasteiger partial charge < -0.3 is 5.73 Å². The molecule has 1 aromatic heterocycles. The van der Waals surface area contributed by atoms with Crippen molar-refractivity contribution in [1.29, 1.82) is 0 Å². The van der Waals surface area contributed by atoms with Gasteiger partial charge in [-0.3, -0.25) is 9.82 Å². The first-order valence-electron chi connectivity index (χ1n) is 6.65. The Hall–Kier alpha value is -2.02. The number of benzene rings is 1. The van der Waals surface area contributed by atoms with Gasteiger partial charge in [0.2, 0.25) is 0 Å². The van der Waals surface area contributed by atoms with Crippen molar-refractivity contribution >= 4 is 21.5 Å². The first-order chi connectivity index (χ1) is 9.70. The SMILES string of the molecule is Cc1cc(N)cc(C)c1S(=O)(=O)Nc1cc(C(C)C)[nH]n1. The summed E-state index contributed by atoms with van der Waals surface area (Å²) in [4.78, 5) is 0.241. The molecule has 0 saturated heterocycles. The Balaban J connectivity index is 2.38. The molecule has 2 rings (SSSR count). The number of hydrogen-bond acceptors (Lipinski definition) is 4. The fourth-order valence-electron chi connectivity index (χ4n) is 2.28. The van der Waals surface area contributed by atoms with E-state index in [9.17, 15) is 8.42 Å². The zero-order valence-corrected chi connectivity index (χ0v) is 13.4. The topological polar surface area (TPSA) is 101 Å². The Kier molecular flexibility index (Phi) is 3.95. The van der Waals surface area contributed by atoms with Crippen molar-refractivity contribution in [3.8, 4) is 0 Å². The highest BCUT2D eigenvalue weighted by molar-refractivity contribution is 7.92. The molecule has 4 N–H and O–H groups in total. The highest BCUT2D eigenvalue weighted by atomic mass is 32.2. The normalized spacial score (nSPS) is 11.9. The zero-order chi connectivity index (χ0) is 15.8. The number of nitrogens with two attached hydrogens (primary N) is 1. The molecule has 0 aliphatic heterocycles. The van der Waals surface area contributed by atoms with Crippen LogP contribution in [0.3, 0.4) is 0 Å². The van der Waals surface area contributed by atoms with E-state index < -0.39 is 10.0 Å². The van der Waals surface area contributed by atoms with Crippen LogP contribution in [0.15, 0.2) is 23.1 Å². The summed E-state index contributed by atoms with van der Waals surface area (Å²) < 4.78 is 27.6. The second-order valence-corrected chi connectivity index (χ2v) is 7.07. The van der Waals surface area contributed by atoms with Gasteiger partial charge in [-0.05, 0) is 43.0 Å². The maximum Gasteiger partial charge on any atom is 0.263 e. The van der Waals surface area contributed by atoms with Crippen LogP contribution in [0, 0.1) is 13.8 Å². The second-order valence-electron chi connectivity index (χ2n) is 5.45. The molecular weight excluding hydrogens is 288 g/mol. The summed E-state index contributed by atoms with van der Waals surface area (Å²) in [5, 5.41) is 6.81. The van der Waals surface area contributed by atoms with Gasteiger partial charge in [-0.2, -0.15) is 5.10 Å². The van der Waals surface area contributed by atoms with E-state index in [0.29, 0.717) is 16.8 Å². The molecule has 2 aromatic rings. The molecule has 114 valence electrons. The third kappa shape index (κ3) is 3.18. The number of hydrogen-bond donors (Lipinski definition) is 3. The maximum atomic E-state index is 12.5. The van der Waals surface area contributed by atoms with Crippen LogP contribution >= 0.6 is 0 Å². The molecule has 6 nitrogen and oxygen atoms in total. The van der Waals surface area contributed by atoms with Crippen molar-refractivity contribution in [3.05, 3.63) is 35.0 Å².